The number of nitrogens with zero attached hydrogens (tertiary/aromatic N) is 1. The van der Waals surface area contributed by atoms with Crippen molar-refractivity contribution in [3.8, 4) is 0 Å². The lowest BCUT2D eigenvalue weighted by Gasteiger charge is -2.07. The minimum absolute atomic E-state index is 0.0239. The molecule has 7 heteroatoms. The third kappa shape index (κ3) is 2.19. The molecule has 0 aliphatic heterocycles. The summed E-state index contributed by atoms with van der Waals surface area (Å²) in [6, 6.07) is 4.81. The molecule has 0 fully saturated rings. The van der Waals surface area contributed by atoms with E-state index in [0.29, 0.717) is 16.2 Å². The second kappa shape index (κ2) is 5.07. The molecule has 0 aliphatic rings. The molecule has 2 N–H and O–H groups in total. The zero-order chi connectivity index (χ0) is 14.1. The molecule has 20 heavy (non-hydrogen) atoms. The van der Waals surface area contributed by atoms with Crippen molar-refractivity contribution in [2.45, 2.75) is 0 Å². The third-order valence-corrected chi connectivity index (χ3v) is 3.87. The second-order valence-corrected chi connectivity index (χ2v) is 5.29. The number of pyridine rings is 1. The lowest BCUT2D eigenvalue weighted by molar-refractivity contribution is 0.102. The summed E-state index contributed by atoms with van der Waals surface area (Å²) in [5.41, 5.74) is 2.37. The van der Waals surface area contributed by atoms with Crippen LogP contribution in [0.2, 0.25) is 5.02 Å². The number of anilines is 1. The Hall–Kier alpha value is -2.18. The molecule has 1 aromatic carbocycles. The summed E-state index contributed by atoms with van der Waals surface area (Å²) in [5, 5.41) is 3.03. The third-order valence-electron chi connectivity index (χ3n) is 2.76. The molecule has 0 aliphatic carbocycles. The summed E-state index contributed by atoms with van der Waals surface area (Å²) in [4.78, 5) is 30.7. The van der Waals surface area contributed by atoms with Gasteiger partial charge in [0.1, 0.15) is 11.1 Å². The molecule has 0 spiro atoms. The van der Waals surface area contributed by atoms with Crippen LogP contribution in [-0.4, -0.2) is 15.9 Å². The van der Waals surface area contributed by atoms with Crippen molar-refractivity contribution in [2.24, 2.45) is 0 Å². The summed E-state index contributed by atoms with van der Waals surface area (Å²) >= 11 is 7.54. The number of benzene rings is 1. The summed E-state index contributed by atoms with van der Waals surface area (Å²) in [6.07, 6.45) is 2.82. The number of carbonyl (C=O) groups excluding carboxylic acids is 1. The van der Waals surface area contributed by atoms with E-state index < -0.39 is 5.91 Å². The first-order valence-electron chi connectivity index (χ1n) is 5.67. The number of fused-ring (bicyclic) bond motifs is 1. The number of carbonyl (C=O) groups is 1. The van der Waals surface area contributed by atoms with Crippen molar-refractivity contribution in [1.29, 1.82) is 0 Å². The van der Waals surface area contributed by atoms with Crippen LogP contribution in [0.15, 0.2) is 40.9 Å². The fourth-order valence-electron chi connectivity index (χ4n) is 1.80. The molecule has 100 valence electrons. The van der Waals surface area contributed by atoms with Gasteiger partial charge in [-0.1, -0.05) is 11.6 Å². The van der Waals surface area contributed by atoms with Gasteiger partial charge < -0.3 is 10.3 Å². The van der Waals surface area contributed by atoms with Gasteiger partial charge in [0.25, 0.3) is 5.91 Å². The van der Waals surface area contributed by atoms with Crippen LogP contribution in [0.25, 0.3) is 10.2 Å². The van der Waals surface area contributed by atoms with Crippen LogP contribution in [0.5, 0.6) is 0 Å². The molecule has 0 atom stereocenters. The Morgan fingerprint density at radius 1 is 1.35 bits per heavy atom. The van der Waals surface area contributed by atoms with Crippen LogP contribution in [-0.2, 0) is 0 Å². The van der Waals surface area contributed by atoms with Crippen LogP contribution in [0.4, 0.5) is 5.69 Å². The number of aromatic nitrogens is 2. The summed E-state index contributed by atoms with van der Waals surface area (Å²) in [6.45, 7) is 0. The Balaban J connectivity index is 2.04. The van der Waals surface area contributed by atoms with Gasteiger partial charge >= 0.3 is 0 Å². The van der Waals surface area contributed by atoms with Gasteiger partial charge in [-0.3, -0.25) is 9.59 Å². The lowest BCUT2D eigenvalue weighted by Crippen LogP contribution is -2.21. The van der Waals surface area contributed by atoms with Crippen LogP contribution < -0.4 is 10.7 Å². The highest BCUT2D eigenvalue weighted by Gasteiger charge is 2.15. The number of nitrogens with one attached hydrogen (secondary N) is 2. The number of amides is 1. The Labute approximate surface area is 122 Å². The molecule has 5 nitrogen and oxygen atoms in total. The van der Waals surface area contributed by atoms with Crippen molar-refractivity contribution < 1.29 is 4.79 Å². The van der Waals surface area contributed by atoms with Gasteiger partial charge in [-0.25, -0.2) is 4.98 Å². The molecule has 2 heterocycles. The van der Waals surface area contributed by atoms with E-state index >= 15 is 0 Å². The SMILES string of the molecule is O=C(Nc1c(Cl)ccc2scnc12)c1c[nH]ccc1=O. The summed E-state index contributed by atoms with van der Waals surface area (Å²) in [7, 11) is 0. The number of thiazole rings is 1. The van der Waals surface area contributed by atoms with E-state index in [9.17, 15) is 9.59 Å². The van der Waals surface area contributed by atoms with Crippen molar-refractivity contribution in [2.75, 3.05) is 5.32 Å². The maximum Gasteiger partial charge on any atom is 0.261 e. The van der Waals surface area contributed by atoms with E-state index in [0.717, 1.165) is 4.70 Å². The molecule has 0 radical (unpaired) electrons. The second-order valence-electron chi connectivity index (χ2n) is 4.00. The van der Waals surface area contributed by atoms with Gasteiger partial charge in [0, 0.05) is 18.5 Å². The highest BCUT2D eigenvalue weighted by molar-refractivity contribution is 7.16. The normalized spacial score (nSPS) is 10.7. The minimum Gasteiger partial charge on any atom is -0.367 e. The summed E-state index contributed by atoms with van der Waals surface area (Å²) < 4.78 is 0.909. The zero-order valence-electron chi connectivity index (χ0n) is 10.0. The summed E-state index contributed by atoms with van der Waals surface area (Å²) in [5.74, 6) is -0.519. The van der Waals surface area contributed by atoms with Gasteiger partial charge in [0.05, 0.1) is 20.9 Å². The van der Waals surface area contributed by atoms with E-state index in [1.807, 2.05) is 6.07 Å². The highest BCUT2D eigenvalue weighted by Crippen LogP contribution is 2.32. The van der Waals surface area contributed by atoms with Gasteiger partial charge in [0.2, 0.25) is 0 Å². The number of aromatic amines is 1. The molecular weight excluding hydrogens is 298 g/mol. The first-order valence-corrected chi connectivity index (χ1v) is 6.93. The van der Waals surface area contributed by atoms with E-state index in [2.05, 4.69) is 15.3 Å². The van der Waals surface area contributed by atoms with Gasteiger partial charge in [-0.05, 0) is 12.1 Å². The Morgan fingerprint density at radius 2 is 2.20 bits per heavy atom. The molecule has 3 rings (SSSR count). The van der Waals surface area contributed by atoms with Gasteiger partial charge in [-0.15, -0.1) is 11.3 Å². The van der Waals surface area contributed by atoms with Gasteiger partial charge in [0.15, 0.2) is 5.43 Å². The molecule has 0 unspecified atom stereocenters. The van der Waals surface area contributed by atoms with E-state index in [-0.39, 0.29) is 11.0 Å². The molecule has 2 aromatic heterocycles. The van der Waals surface area contributed by atoms with Gasteiger partial charge in [-0.2, -0.15) is 0 Å². The van der Waals surface area contributed by atoms with E-state index in [4.69, 9.17) is 11.6 Å². The quantitative estimate of drug-likeness (QED) is 0.764. The number of rotatable bonds is 2. The van der Waals surface area contributed by atoms with Crippen LogP contribution in [0.1, 0.15) is 10.4 Å². The Bertz CT molecular complexity index is 856. The van der Waals surface area contributed by atoms with Crippen LogP contribution in [0, 0.1) is 0 Å². The van der Waals surface area contributed by atoms with Crippen LogP contribution in [0.3, 0.4) is 0 Å². The average molecular weight is 306 g/mol. The first-order chi connectivity index (χ1) is 9.66. The predicted molar refractivity (Wildman–Crippen MR) is 79.6 cm³/mol. The Kier molecular flexibility index (Phi) is 3.25. The van der Waals surface area contributed by atoms with Crippen LogP contribution >= 0.6 is 22.9 Å². The highest BCUT2D eigenvalue weighted by atomic mass is 35.5. The van der Waals surface area contributed by atoms with E-state index in [1.165, 1.54) is 29.8 Å². The average Bonchev–Trinajstić information content (AvgIpc) is 2.91. The molecular formula is C13H8ClN3O2S. The van der Waals surface area contributed by atoms with Crippen molar-refractivity contribution in [3.63, 3.8) is 0 Å². The number of H-pyrrole nitrogens is 1. The zero-order valence-corrected chi connectivity index (χ0v) is 11.6. The lowest BCUT2D eigenvalue weighted by atomic mass is 10.2. The minimum atomic E-state index is -0.519. The largest absolute Gasteiger partial charge is 0.367 e. The predicted octanol–water partition coefficient (Wildman–Crippen LogP) is 2.89. The molecule has 0 saturated heterocycles. The smallest absolute Gasteiger partial charge is 0.261 e. The number of hydrogen-bond acceptors (Lipinski definition) is 4. The topological polar surface area (TPSA) is 74.8 Å². The van der Waals surface area contributed by atoms with Crippen molar-refractivity contribution in [3.05, 3.63) is 56.9 Å². The fourth-order valence-corrected chi connectivity index (χ4v) is 2.68. The molecule has 0 bridgehead atoms. The van der Waals surface area contributed by atoms with Crippen molar-refractivity contribution in [1.82, 2.24) is 9.97 Å². The monoisotopic (exact) mass is 305 g/mol. The fraction of sp³-hybridized carbons (Fsp3) is 0. The van der Waals surface area contributed by atoms with Crippen molar-refractivity contribution >= 4 is 44.7 Å². The number of halogens is 1. The standard InChI is InChI=1S/C13H8ClN3O2S/c14-8-1-2-10-12(16-6-20-10)11(8)17-13(19)7-5-15-4-3-9(7)18/h1-6H,(H,15,18)(H,17,19). The Morgan fingerprint density at radius 3 is 3.00 bits per heavy atom. The first kappa shape index (κ1) is 12.8. The van der Waals surface area contributed by atoms with E-state index in [1.54, 1.807) is 11.6 Å². The molecule has 0 saturated carbocycles. The molecule has 1 amide bonds. The molecule has 3 aromatic rings. The number of hydrogen-bond donors (Lipinski definition) is 2. The maximum absolute atomic E-state index is 12.1. The maximum atomic E-state index is 12.1.